The van der Waals surface area contributed by atoms with Gasteiger partial charge in [0.1, 0.15) is 5.75 Å². The maximum Gasteiger partial charge on any atom is 0.251 e. The van der Waals surface area contributed by atoms with Gasteiger partial charge in [-0.1, -0.05) is 18.0 Å². The fourth-order valence-corrected chi connectivity index (χ4v) is 5.37. The highest BCUT2D eigenvalue weighted by atomic mass is 35.5. The minimum absolute atomic E-state index is 0.420. The first-order valence-electron chi connectivity index (χ1n) is 10.0. The third-order valence-corrected chi connectivity index (χ3v) is 7.27. The molecule has 2 aliphatic carbocycles. The van der Waals surface area contributed by atoms with E-state index in [2.05, 4.69) is 15.1 Å². The Bertz CT molecular complexity index is 898. The number of ether oxygens (including phenoxy) is 1. The van der Waals surface area contributed by atoms with Crippen LogP contribution in [-0.2, 0) is 6.42 Å². The van der Waals surface area contributed by atoms with Crippen molar-refractivity contribution in [2.75, 3.05) is 25.4 Å². The Kier molecular flexibility index (Phi) is 3.51. The third kappa shape index (κ3) is 2.42. The van der Waals surface area contributed by atoms with Gasteiger partial charge in [0.2, 0.25) is 5.89 Å². The summed E-state index contributed by atoms with van der Waals surface area (Å²) in [5, 5.41) is 9.22. The molecule has 27 heavy (non-hydrogen) atoms. The van der Waals surface area contributed by atoms with Gasteiger partial charge in [0.15, 0.2) is 0 Å². The molecule has 4 aliphatic rings. The maximum atomic E-state index is 6.35. The van der Waals surface area contributed by atoms with Gasteiger partial charge in [0.05, 0.1) is 22.9 Å². The van der Waals surface area contributed by atoms with Gasteiger partial charge in [-0.25, -0.2) is 0 Å². The van der Waals surface area contributed by atoms with E-state index in [0.717, 1.165) is 41.7 Å². The summed E-state index contributed by atoms with van der Waals surface area (Å²) in [7, 11) is 0. The molecule has 0 radical (unpaired) electrons. The van der Waals surface area contributed by atoms with Gasteiger partial charge >= 0.3 is 0 Å². The van der Waals surface area contributed by atoms with Crippen LogP contribution in [0.1, 0.15) is 43.1 Å². The minimum atomic E-state index is 0.420. The van der Waals surface area contributed by atoms with Gasteiger partial charge in [-0.2, -0.15) is 0 Å². The van der Waals surface area contributed by atoms with Crippen LogP contribution in [0, 0.1) is 11.8 Å². The fraction of sp³-hybridized carbons (Fsp3) is 0.600. The molecule has 2 aromatic rings. The summed E-state index contributed by atoms with van der Waals surface area (Å²) in [4.78, 5) is 2.66. The van der Waals surface area contributed by atoms with Crippen LogP contribution in [0.3, 0.4) is 0 Å². The average Bonchev–Trinajstić information content (AvgIpc) is 3.01. The van der Waals surface area contributed by atoms with Crippen molar-refractivity contribution in [2.45, 2.75) is 44.1 Å². The number of nitrogen functional groups attached to an aromatic ring is 1. The predicted molar refractivity (Wildman–Crippen MR) is 102 cm³/mol. The van der Waals surface area contributed by atoms with Crippen LogP contribution < -0.4 is 10.5 Å². The molecular formula is C20H23ClN4O2. The first kappa shape index (κ1) is 16.2. The number of benzene rings is 1. The van der Waals surface area contributed by atoms with E-state index in [-0.39, 0.29) is 0 Å². The van der Waals surface area contributed by atoms with E-state index in [1.165, 1.54) is 32.4 Å². The highest BCUT2D eigenvalue weighted by Crippen LogP contribution is 2.59. The number of anilines is 1. The van der Waals surface area contributed by atoms with Crippen molar-refractivity contribution < 1.29 is 9.15 Å². The van der Waals surface area contributed by atoms with Crippen LogP contribution in [0.15, 0.2) is 10.5 Å². The van der Waals surface area contributed by atoms with E-state index in [4.69, 9.17) is 26.5 Å². The van der Waals surface area contributed by atoms with E-state index in [1.807, 2.05) is 0 Å². The molecule has 7 heteroatoms. The van der Waals surface area contributed by atoms with Gasteiger partial charge in [0, 0.05) is 30.6 Å². The lowest BCUT2D eigenvalue weighted by Gasteiger charge is -2.35. The molecule has 3 heterocycles. The lowest BCUT2D eigenvalue weighted by molar-refractivity contribution is 0.139. The number of likely N-dealkylation sites (tertiary alicyclic amines) is 1. The summed E-state index contributed by atoms with van der Waals surface area (Å²) in [6, 6.07) is 2.63. The molecular weight excluding hydrogens is 364 g/mol. The molecule has 1 aromatic heterocycles. The third-order valence-electron chi connectivity index (χ3n) is 6.96. The number of hydrogen-bond donors (Lipinski definition) is 1. The van der Waals surface area contributed by atoms with Crippen molar-refractivity contribution in [2.24, 2.45) is 11.8 Å². The molecule has 0 bridgehead atoms. The van der Waals surface area contributed by atoms with Gasteiger partial charge in [-0.3, -0.25) is 4.90 Å². The summed E-state index contributed by atoms with van der Waals surface area (Å²) < 4.78 is 12.0. The summed E-state index contributed by atoms with van der Waals surface area (Å²) in [6.07, 6.45) is 5.94. The van der Waals surface area contributed by atoms with E-state index >= 15 is 0 Å². The lowest BCUT2D eigenvalue weighted by atomic mass is 9.91. The fourth-order valence-electron chi connectivity index (χ4n) is 5.15. The Hall–Kier alpha value is -1.79. The van der Waals surface area contributed by atoms with E-state index in [0.29, 0.717) is 41.0 Å². The average molecular weight is 387 g/mol. The SMILES string of the molecule is Nc1c(Cl)cc(-c2nnc(C3C4CN(C5CCC5)CC43)o2)c2c1CCCO2. The molecule has 142 valence electrons. The molecule has 2 N–H and O–H groups in total. The van der Waals surface area contributed by atoms with Crippen molar-refractivity contribution in [1.82, 2.24) is 15.1 Å². The normalized spacial score (nSPS) is 29.7. The quantitative estimate of drug-likeness (QED) is 0.813. The second kappa shape index (κ2) is 5.85. The highest BCUT2D eigenvalue weighted by molar-refractivity contribution is 6.33. The molecule has 1 saturated heterocycles. The Balaban J connectivity index is 1.26. The monoisotopic (exact) mass is 386 g/mol. The van der Waals surface area contributed by atoms with Crippen LogP contribution in [0.4, 0.5) is 5.69 Å². The number of nitrogens with two attached hydrogens (primary N) is 1. The van der Waals surface area contributed by atoms with E-state index in [1.54, 1.807) is 6.07 Å². The maximum absolute atomic E-state index is 6.35. The molecule has 1 aromatic carbocycles. The topological polar surface area (TPSA) is 77.4 Å². The summed E-state index contributed by atoms with van der Waals surface area (Å²) in [5.74, 6) is 3.80. The second-order valence-electron chi connectivity index (χ2n) is 8.42. The number of hydrogen-bond acceptors (Lipinski definition) is 6. The number of fused-ring (bicyclic) bond motifs is 2. The predicted octanol–water partition coefficient (Wildman–Crippen LogP) is 3.49. The van der Waals surface area contributed by atoms with Crippen molar-refractivity contribution in [3.05, 3.63) is 22.5 Å². The lowest BCUT2D eigenvalue weighted by Crippen LogP contribution is -2.40. The van der Waals surface area contributed by atoms with E-state index in [9.17, 15) is 0 Å². The second-order valence-corrected chi connectivity index (χ2v) is 8.82. The Labute approximate surface area is 163 Å². The van der Waals surface area contributed by atoms with E-state index < -0.39 is 0 Å². The first-order chi connectivity index (χ1) is 13.2. The molecule has 2 unspecified atom stereocenters. The number of piperidine rings is 1. The standard InChI is InChI=1S/C20H23ClN4O2/c21-15-7-12(18-11(17(15)22)5-2-6-26-18)19-23-24-20(27-19)16-13-8-25(9-14(13)16)10-3-1-4-10/h7,10,13-14,16H,1-6,8-9,22H2. The zero-order valence-corrected chi connectivity index (χ0v) is 15.9. The number of aromatic nitrogens is 2. The molecule has 6 rings (SSSR count). The summed E-state index contributed by atoms with van der Waals surface area (Å²) in [6.45, 7) is 3.04. The van der Waals surface area contributed by atoms with Crippen molar-refractivity contribution in [1.29, 1.82) is 0 Å². The molecule has 3 fully saturated rings. The Morgan fingerprint density at radius 2 is 1.96 bits per heavy atom. The van der Waals surface area contributed by atoms with Crippen molar-refractivity contribution >= 4 is 17.3 Å². The van der Waals surface area contributed by atoms with Crippen LogP contribution in [-0.4, -0.2) is 40.8 Å². The minimum Gasteiger partial charge on any atom is -0.492 e. The molecule has 0 amide bonds. The first-order valence-corrected chi connectivity index (χ1v) is 10.4. The van der Waals surface area contributed by atoms with Gasteiger partial charge in [-0.05, 0) is 43.6 Å². The van der Waals surface area contributed by atoms with Crippen LogP contribution in [0.5, 0.6) is 5.75 Å². The zero-order valence-electron chi connectivity index (χ0n) is 15.2. The molecule has 6 nitrogen and oxygen atoms in total. The van der Waals surface area contributed by atoms with Gasteiger partial charge in [-0.15, -0.1) is 10.2 Å². The summed E-state index contributed by atoms with van der Waals surface area (Å²) >= 11 is 6.35. The molecule has 2 atom stereocenters. The highest BCUT2D eigenvalue weighted by Gasteiger charge is 2.60. The Morgan fingerprint density at radius 1 is 1.15 bits per heavy atom. The van der Waals surface area contributed by atoms with Crippen LogP contribution in [0.2, 0.25) is 5.02 Å². The van der Waals surface area contributed by atoms with Gasteiger partial charge in [0.25, 0.3) is 5.89 Å². The largest absolute Gasteiger partial charge is 0.492 e. The number of rotatable bonds is 3. The van der Waals surface area contributed by atoms with Crippen molar-refractivity contribution in [3.8, 4) is 17.2 Å². The summed E-state index contributed by atoms with van der Waals surface area (Å²) in [5.41, 5.74) is 8.47. The molecule has 0 spiro atoms. The van der Waals surface area contributed by atoms with Crippen LogP contribution in [0.25, 0.3) is 11.5 Å². The Morgan fingerprint density at radius 3 is 2.70 bits per heavy atom. The molecule has 2 saturated carbocycles. The number of halogens is 1. The number of nitrogens with zero attached hydrogens (tertiary/aromatic N) is 3. The zero-order chi connectivity index (χ0) is 18.1. The molecule has 2 aliphatic heterocycles. The van der Waals surface area contributed by atoms with Crippen molar-refractivity contribution in [3.63, 3.8) is 0 Å². The van der Waals surface area contributed by atoms with Crippen LogP contribution >= 0.6 is 11.6 Å². The smallest absolute Gasteiger partial charge is 0.251 e. The van der Waals surface area contributed by atoms with Gasteiger partial charge < -0.3 is 14.9 Å².